The molecule has 0 fully saturated rings. The van der Waals surface area contributed by atoms with E-state index >= 15 is 0 Å². The zero-order chi connectivity index (χ0) is 10.8. The van der Waals surface area contributed by atoms with Crippen molar-refractivity contribution in [2.24, 2.45) is 7.05 Å². The molecule has 15 heavy (non-hydrogen) atoms. The van der Waals surface area contributed by atoms with Crippen molar-refractivity contribution in [3.63, 3.8) is 0 Å². The number of hydrogen-bond acceptors (Lipinski definition) is 6. The summed E-state index contributed by atoms with van der Waals surface area (Å²) in [7, 11) is 3.18. The molecule has 0 aliphatic rings. The second-order valence-electron chi connectivity index (χ2n) is 2.80. The highest BCUT2D eigenvalue weighted by Gasteiger charge is 2.20. The maximum absolute atomic E-state index is 12.0. The van der Waals surface area contributed by atoms with Gasteiger partial charge in [0.15, 0.2) is 11.4 Å². The molecule has 6 nitrogen and oxygen atoms in total. The summed E-state index contributed by atoms with van der Waals surface area (Å²) in [6, 6.07) is 0. The Bertz CT molecular complexity index is 477. The first-order valence-electron chi connectivity index (χ1n) is 4.12. The molecule has 2 aromatic rings. The Labute approximate surface area is 89.7 Å². The Morgan fingerprint density at radius 1 is 1.53 bits per heavy atom. The Kier molecular flexibility index (Phi) is 2.46. The van der Waals surface area contributed by atoms with Crippen molar-refractivity contribution in [3.05, 3.63) is 23.0 Å². The van der Waals surface area contributed by atoms with Crippen molar-refractivity contribution in [1.29, 1.82) is 0 Å². The Balaban J connectivity index is 2.45. The third kappa shape index (κ3) is 1.61. The molecule has 0 radical (unpaired) electrons. The molecule has 0 spiro atoms. The minimum Gasteiger partial charge on any atom is -0.493 e. The van der Waals surface area contributed by atoms with Crippen LogP contribution in [0.3, 0.4) is 0 Å². The molecule has 78 valence electrons. The van der Waals surface area contributed by atoms with Crippen LogP contribution in [0, 0.1) is 0 Å². The summed E-state index contributed by atoms with van der Waals surface area (Å²) in [5.74, 6) is 0.276. The lowest BCUT2D eigenvalue weighted by Crippen LogP contribution is -2.08. The van der Waals surface area contributed by atoms with Gasteiger partial charge in [-0.15, -0.1) is 5.10 Å². The van der Waals surface area contributed by atoms with Crippen LogP contribution in [0.5, 0.6) is 5.75 Å². The molecule has 2 rings (SSSR count). The number of carbonyl (C=O) groups excluding carboxylic acids is 1. The van der Waals surface area contributed by atoms with Crippen LogP contribution in [-0.4, -0.2) is 32.3 Å². The highest BCUT2D eigenvalue weighted by atomic mass is 32.1. The highest BCUT2D eigenvalue weighted by molar-refractivity contribution is 7.08. The first kappa shape index (κ1) is 9.78. The fourth-order valence-electron chi connectivity index (χ4n) is 1.21. The highest BCUT2D eigenvalue weighted by Crippen LogP contribution is 2.21. The molecule has 0 unspecified atom stereocenters. The van der Waals surface area contributed by atoms with Crippen LogP contribution in [0.4, 0.5) is 0 Å². The van der Waals surface area contributed by atoms with Gasteiger partial charge in [0.25, 0.3) is 0 Å². The summed E-state index contributed by atoms with van der Waals surface area (Å²) >= 11 is 1.05. The number of nitrogens with zero attached hydrogens (tertiary/aromatic N) is 4. The van der Waals surface area contributed by atoms with Crippen LogP contribution in [0.2, 0.25) is 0 Å². The molecule has 0 bridgehead atoms. The van der Waals surface area contributed by atoms with Crippen LogP contribution >= 0.6 is 11.5 Å². The standard InChI is InChI=1S/C8H8N4O2S/c1-12-7(5(14-2)3-10-12)8(13)6-4-9-11-15-6/h3-4H,1-2H3. The summed E-state index contributed by atoms with van der Waals surface area (Å²) in [4.78, 5) is 12.4. The molecule has 2 heterocycles. The third-order valence-corrected chi connectivity index (χ3v) is 2.59. The molecule has 2 aromatic heterocycles. The van der Waals surface area contributed by atoms with E-state index in [9.17, 15) is 4.79 Å². The van der Waals surface area contributed by atoms with Crippen molar-refractivity contribution in [2.75, 3.05) is 7.11 Å². The average molecular weight is 224 g/mol. The normalized spacial score (nSPS) is 10.3. The Morgan fingerprint density at radius 2 is 2.33 bits per heavy atom. The second-order valence-corrected chi connectivity index (χ2v) is 3.58. The molecule has 0 amide bonds. The summed E-state index contributed by atoms with van der Waals surface area (Å²) in [6.07, 6.45) is 2.93. The van der Waals surface area contributed by atoms with Crippen molar-refractivity contribution in [1.82, 2.24) is 19.4 Å². The SMILES string of the molecule is COc1cnn(C)c1C(=O)c1cnns1. The zero-order valence-corrected chi connectivity index (χ0v) is 8.98. The fraction of sp³-hybridized carbons (Fsp3) is 0.250. The number of methoxy groups -OCH3 is 1. The lowest BCUT2D eigenvalue weighted by Gasteiger charge is -2.01. The van der Waals surface area contributed by atoms with Gasteiger partial charge < -0.3 is 4.74 Å². The Hall–Kier alpha value is -1.76. The van der Waals surface area contributed by atoms with E-state index in [1.807, 2.05) is 0 Å². The molecule has 7 heteroatoms. The minimum absolute atomic E-state index is 0.179. The summed E-state index contributed by atoms with van der Waals surface area (Å²) < 4.78 is 10.2. The average Bonchev–Trinajstić information content (AvgIpc) is 2.85. The van der Waals surface area contributed by atoms with Crippen LogP contribution in [0.25, 0.3) is 0 Å². The number of aryl methyl sites for hydroxylation is 1. The van der Waals surface area contributed by atoms with Gasteiger partial charge in [0.05, 0.1) is 19.5 Å². The monoisotopic (exact) mass is 224 g/mol. The number of aromatic nitrogens is 4. The van der Waals surface area contributed by atoms with E-state index in [0.717, 1.165) is 11.5 Å². The predicted molar refractivity (Wildman–Crippen MR) is 53.1 cm³/mol. The first-order valence-corrected chi connectivity index (χ1v) is 4.89. The predicted octanol–water partition coefficient (Wildman–Crippen LogP) is 0.511. The summed E-state index contributed by atoms with van der Waals surface area (Å²) in [5.41, 5.74) is 0.406. The van der Waals surface area contributed by atoms with Gasteiger partial charge in [-0.2, -0.15) is 5.10 Å². The van der Waals surface area contributed by atoms with E-state index in [1.54, 1.807) is 7.05 Å². The van der Waals surface area contributed by atoms with Gasteiger partial charge in [-0.05, 0) is 11.5 Å². The minimum atomic E-state index is -0.179. The van der Waals surface area contributed by atoms with Gasteiger partial charge in [0.1, 0.15) is 4.88 Å². The lowest BCUT2D eigenvalue weighted by atomic mass is 10.2. The number of ketones is 1. The second kappa shape index (κ2) is 3.77. The molecule has 0 aromatic carbocycles. The van der Waals surface area contributed by atoms with Gasteiger partial charge in [0.2, 0.25) is 5.78 Å². The smallest absolute Gasteiger partial charge is 0.228 e. The largest absolute Gasteiger partial charge is 0.493 e. The van der Waals surface area contributed by atoms with Crippen LogP contribution in [-0.2, 0) is 7.05 Å². The molecular weight excluding hydrogens is 216 g/mol. The summed E-state index contributed by atoms with van der Waals surface area (Å²) in [6.45, 7) is 0. The molecular formula is C8H8N4O2S. The van der Waals surface area contributed by atoms with E-state index in [1.165, 1.54) is 24.2 Å². The molecule has 0 aliphatic carbocycles. The van der Waals surface area contributed by atoms with Gasteiger partial charge in [-0.3, -0.25) is 9.48 Å². The quantitative estimate of drug-likeness (QED) is 0.710. The van der Waals surface area contributed by atoms with Crippen molar-refractivity contribution >= 4 is 17.3 Å². The van der Waals surface area contributed by atoms with Gasteiger partial charge in [-0.25, -0.2) is 0 Å². The summed E-state index contributed by atoms with van der Waals surface area (Å²) in [5, 5.41) is 7.57. The van der Waals surface area contributed by atoms with Crippen molar-refractivity contribution < 1.29 is 9.53 Å². The van der Waals surface area contributed by atoms with E-state index in [-0.39, 0.29) is 5.78 Å². The van der Waals surface area contributed by atoms with E-state index < -0.39 is 0 Å². The van der Waals surface area contributed by atoms with Crippen molar-refractivity contribution in [2.45, 2.75) is 0 Å². The fourth-order valence-corrected chi connectivity index (χ4v) is 1.67. The van der Waals surface area contributed by atoms with Crippen LogP contribution in [0.1, 0.15) is 15.4 Å². The maximum Gasteiger partial charge on any atom is 0.228 e. The Morgan fingerprint density at radius 3 is 2.93 bits per heavy atom. The van der Waals surface area contributed by atoms with Gasteiger partial charge >= 0.3 is 0 Å². The van der Waals surface area contributed by atoms with E-state index in [4.69, 9.17) is 4.74 Å². The van der Waals surface area contributed by atoms with Crippen molar-refractivity contribution in [3.8, 4) is 5.75 Å². The first-order chi connectivity index (χ1) is 7.24. The zero-order valence-electron chi connectivity index (χ0n) is 8.17. The third-order valence-electron chi connectivity index (χ3n) is 1.93. The topological polar surface area (TPSA) is 69.9 Å². The van der Waals surface area contributed by atoms with E-state index in [0.29, 0.717) is 16.3 Å². The number of rotatable bonds is 3. The molecule has 0 aliphatic heterocycles. The molecule has 0 atom stereocenters. The van der Waals surface area contributed by atoms with E-state index in [2.05, 4.69) is 14.7 Å². The molecule has 0 saturated carbocycles. The molecule has 0 saturated heterocycles. The van der Waals surface area contributed by atoms with Gasteiger partial charge in [-0.1, -0.05) is 4.49 Å². The van der Waals surface area contributed by atoms with Crippen LogP contribution < -0.4 is 4.74 Å². The van der Waals surface area contributed by atoms with Crippen LogP contribution in [0.15, 0.2) is 12.4 Å². The lowest BCUT2D eigenvalue weighted by molar-refractivity contribution is 0.103. The number of hydrogen-bond donors (Lipinski definition) is 0. The van der Waals surface area contributed by atoms with Gasteiger partial charge in [0, 0.05) is 7.05 Å². The number of ether oxygens (including phenoxy) is 1. The molecule has 0 N–H and O–H groups in total. The number of carbonyl (C=O) groups is 1. The maximum atomic E-state index is 12.0.